The highest BCUT2D eigenvalue weighted by Gasteiger charge is 1.93. The van der Waals surface area contributed by atoms with Crippen molar-refractivity contribution in [2.75, 3.05) is 0 Å². The lowest BCUT2D eigenvalue weighted by atomic mass is 15.7. The van der Waals surface area contributed by atoms with Crippen LogP contribution in [0.5, 0.6) is 0 Å². The molecule has 0 heterocycles. The van der Waals surface area contributed by atoms with Crippen LogP contribution in [0.15, 0.2) is 0 Å². The molecule has 0 aliphatic rings. The van der Waals surface area contributed by atoms with Gasteiger partial charge in [-0.15, -0.1) is 0 Å². The molecule has 0 rings (SSSR count). The first kappa shape index (κ1) is 16.5. The Bertz CT molecular complexity index is 99.2. The molecule has 0 saturated heterocycles. The lowest BCUT2D eigenvalue weighted by molar-refractivity contribution is 0.373. The van der Waals surface area contributed by atoms with Crippen LogP contribution in [-0.4, -0.2) is 81.0 Å². The van der Waals surface area contributed by atoms with Crippen LogP contribution < -0.4 is 0 Å². The summed E-state index contributed by atoms with van der Waals surface area (Å²) in [5.41, 5.74) is 0. The summed E-state index contributed by atoms with van der Waals surface area (Å²) in [7, 11) is -3.21. The minimum absolute atomic E-state index is 0.706. The van der Waals surface area contributed by atoms with Gasteiger partial charge in [0.15, 0.2) is 0 Å². The van der Waals surface area contributed by atoms with Gasteiger partial charge >= 0.3 is 0 Å². The van der Waals surface area contributed by atoms with Gasteiger partial charge in [0.05, 0.1) is 0 Å². The maximum atomic E-state index is 5.30. The summed E-state index contributed by atoms with van der Waals surface area (Å²) >= 11 is 0. The van der Waals surface area contributed by atoms with Crippen molar-refractivity contribution in [2.24, 2.45) is 0 Å². The maximum Gasteiger partial charge on any atom is 0.286 e. The topological polar surface area (TPSA) is 64.6 Å². The Balaban J connectivity index is 2.81. The molecule has 0 fully saturated rings. The largest absolute Gasteiger partial charge is 0.449 e. The Morgan fingerprint density at radius 1 is 0.467 bits per heavy atom. The van der Waals surface area contributed by atoms with E-state index in [9.17, 15) is 0 Å². The van der Waals surface area contributed by atoms with Crippen LogP contribution in [0, 0.1) is 0 Å². The first-order chi connectivity index (χ1) is 7.41. The first-order valence-corrected chi connectivity index (χ1v) is 12.8. The minimum atomic E-state index is -0.851. The van der Waals surface area contributed by atoms with Crippen LogP contribution in [0.3, 0.4) is 0 Å². The smallest absolute Gasteiger partial charge is 0.286 e. The van der Waals surface area contributed by atoms with Crippen molar-refractivity contribution in [3.05, 3.63) is 0 Å². The van der Waals surface area contributed by atoms with E-state index in [-0.39, 0.29) is 0 Å². The Kier molecular flexibility index (Phi) is 17.0. The van der Waals surface area contributed by atoms with Gasteiger partial charge in [-0.3, -0.25) is 0 Å². The zero-order chi connectivity index (χ0) is 11.2. The van der Waals surface area contributed by atoms with E-state index >= 15 is 0 Å². The average Bonchev–Trinajstić information content (AvgIpc) is 2.26. The van der Waals surface area contributed by atoms with Crippen LogP contribution in [0.2, 0.25) is 0 Å². The van der Waals surface area contributed by atoms with Gasteiger partial charge in [0, 0.05) is 0 Å². The van der Waals surface area contributed by atoms with Crippen molar-refractivity contribution in [2.45, 2.75) is 0 Å². The summed E-state index contributed by atoms with van der Waals surface area (Å²) in [6.45, 7) is 0. The number of hydrogen-bond acceptors (Lipinski definition) is 7. The molecule has 0 saturated carbocycles. The fourth-order valence-corrected chi connectivity index (χ4v) is 12.4. The summed E-state index contributed by atoms with van der Waals surface area (Å²) < 4.78 is 36.3. The van der Waals surface area contributed by atoms with Crippen molar-refractivity contribution in [1.29, 1.82) is 0 Å². The molecule has 0 spiro atoms. The van der Waals surface area contributed by atoms with Gasteiger partial charge in [0.1, 0.15) is 21.0 Å². The highest BCUT2D eigenvalue weighted by Crippen LogP contribution is 1.75. The lowest BCUT2D eigenvalue weighted by Crippen LogP contribution is -2.19. The third kappa shape index (κ3) is 15.5. The monoisotopic (exact) mass is 354 g/mol. The van der Waals surface area contributed by atoms with E-state index in [0.717, 1.165) is 21.0 Å². The number of rotatable bonds is 12. The normalized spacial score (nSPS) is 16.0. The molecule has 0 bridgehead atoms. The molecule has 0 aromatic heterocycles. The van der Waals surface area contributed by atoms with Crippen LogP contribution in [0.25, 0.3) is 0 Å². The average molecular weight is 355 g/mol. The Hall–Kier alpha value is 1.46. The Labute approximate surface area is 110 Å². The van der Waals surface area contributed by atoms with E-state index in [1.807, 2.05) is 0 Å². The second kappa shape index (κ2) is 15.5. The van der Waals surface area contributed by atoms with Crippen LogP contribution >= 0.6 is 0 Å². The third-order valence-electron chi connectivity index (χ3n) is 1.07. The van der Waals surface area contributed by atoms with E-state index in [1.54, 1.807) is 0 Å². The van der Waals surface area contributed by atoms with Crippen molar-refractivity contribution < 1.29 is 28.8 Å². The second-order valence-corrected chi connectivity index (χ2v) is 16.5. The van der Waals surface area contributed by atoms with Crippen molar-refractivity contribution in [1.82, 2.24) is 0 Å². The first-order valence-electron chi connectivity index (χ1n) is 4.28. The van der Waals surface area contributed by atoms with E-state index in [2.05, 4.69) is 0 Å². The Morgan fingerprint density at radius 2 is 0.733 bits per heavy atom. The predicted octanol–water partition coefficient (Wildman–Crippen LogP) is -8.34. The molecule has 0 amide bonds. The van der Waals surface area contributed by atoms with Gasteiger partial charge in [-0.2, -0.15) is 0 Å². The van der Waals surface area contributed by atoms with E-state index in [0.29, 0.717) is 0 Å². The third-order valence-corrected chi connectivity index (χ3v) is 9.62. The van der Waals surface area contributed by atoms with Crippen molar-refractivity contribution in [3.8, 4) is 0 Å². The van der Waals surface area contributed by atoms with Crippen LogP contribution in [0.4, 0.5) is 0 Å². The molecular formula is H18O7Si8. The molecule has 0 aliphatic carbocycles. The summed E-state index contributed by atoms with van der Waals surface area (Å²) in [4.78, 5) is 0. The molecule has 0 aromatic rings. The van der Waals surface area contributed by atoms with Gasteiger partial charge in [-0.25, -0.2) is 0 Å². The number of hydrogen-bond donors (Lipinski definition) is 0. The summed E-state index contributed by atoms with van der Waals surface area (Å²) in [5.74, 6) is 0. The fourth-order valence-electron chi connectivity index (χ4n) is 0.572. The van der Waals surface area contributed by atoms with Gasteiger partial charge in [-0.05, 0) is 0 Å². The van der Waals surface area contributed by atoms with E-state index in [4.69, 9.17) is 28.8 Å². The predicted molar refractivity (Wildman–Crippen MR) is 78.7 cm³/mol. The molecule has 7 nitrogen and oxygen atoms in total. The van der Waals surface area contributed by atoms with Crippen LogP contribution in [-0.2, 0) is 28.8 Å². The molecule has 0 aromatic carbocycles. The maximum absolute atomic E-state index is 5.30. The fraction of sp³-hybridized carbons (Fsp3) is 0. The molecule has 92 valence electrons. The van der Waals surface area contributed by atoms with E-state index < -0.39 is 60.0 Å². The van der Waals surface area contributed by atoms with E-state index in [1.165, 1.54) is 0 Å². The second-order valence-electron chi connectivity index (χ2n) is 2.31. The standard InChI is InChI=1S/H18O7Si8/c8-1-10-3-12-5-14-7-15-6-13-4-11-2-9/h10-15H2,8-9H3. The molecule has 0 aliphatic heterocycles. The minimum Gasteiger partial charge on any atom is -0.449 e. The lowest BCUT2D eigenvalue weighted by Gasteiger charge is -2.06. The molecule has 15 heteroatoms. The van der Waals surface area contributed by atoms with Gasteiger partial charge in [0.25, 0.3) is 60.0 Å². The summed E-state index contributed by atoms with van der Waals surface area (Å²) in [6, 6.07) is 0. The molecule has 0 N–H and O–H groups in total. The SMILES string of the molecule is [SiH3]O[SiH2]O[SiH2]O[SiH2]O[SiH2]O[SiH2]O[SiH2]O[SiH3]. The van der Waals surface area contributed by atoms with Crippen molar-refractivity contribution in [3.63, 3.8) is 0 Å². The molecule has 0 atom stereocenters. The molecule has 15 heavy (non-hydrogen) atoms. The molecule has 0 radical (unpaired) electrons. The Morgan fingerprint density at radius 3 is 1.00 bits per heavy atom. The highest BCUT2D eigenvalue weighted by molar-refractivity contribution is 6.48. The van der Waals surface area contributed by atoms with Gasteiger partial charge in [-0.1, -0.05) is 0 Å². The zero-order valence-corrected chi connectivity index (χ0v) is 21.6. The van der Waals surface area contributed by atoms with Crippen LogP contribution in [0.1, 0.15) is 0 Å². The van der Waals surface area contributed by atoms with Crippen molar-refractivity contribution >= 4 is 81.0 Å². The zero-order valence-electron chi connectivity index (χ0n) is 9.10. The molecule has 0 unspecified atom stereocenters. The molecular weight excluding hydrogens is 337 g/mol. The summed E-state index contributed by atoms with van der Waals surface area (Å²) in [5, 5.41) is 0. The highest BCUT2D eigenvalue weighted by atomic mass is 28.4. The van der Waals surface area contributed by atoms with Gasteiger partial charge in [0.2, 0.25) is 0 Å². The summed E-state index contributed by atoms with van der Waals surface area (Å²) in [6.07, 6.45) is 0. The quantitative estimate of drug-likeness (QED) is 0.255. The van der Waals surface area contributed by atoms with Gasteiger partial charge < -0.3 is 28.8 Å².